The number of halogens is 2. The van der Waals surface area contributed by atoms with Crippen LogP contribution in [0.25, 0.3) is 0 Å². The van der Waals surface area contributed by atoms with Crippen LogP contribution in [0.1, 0.15) is 37.0 Å². The van der Waals surface area contributed by atoms with E-state index < -0.39 is 0 Å². The number of nitrogens with one attached hydrogen (secondary N) is 2. The van der Waals surface area contributed by atoms with E-state index in [4.69, 9.17) is 11.6 Å². The minimum atomic E-state index is -0.158. The summed E-state index contributed by atoms with van der Waals surface area (Å²) in [7, 11) is 1.75. The maximum Gasteiger partial charge on any atom is 0.253 e. The molecule has 0 bridgehead atoms. The van der Waals surface area contributed by atoms with Gasteiger partial charge in [0.2, 0.25) is 5.91 Å². The first-order valence-corrected chi connectivity index (χ1v) is 8.33. The lowest BCUT2D eigenvalue weighted by Gasteiger charge is -2.22. The normalized spacial score (nSPS) is 13.4. The van der Waals surface area contributed by atoms with Crippen molar-refractivity contribution in [2.75, 3.05) is 25.5 Å². The van der Waals surface area contributed by atoms with Crippen LogP contribution >= 0.6 is 24.0 Å². The zero-order valence-electron chi connectivity index (χ0n) is 14.3. The number of hydrogen-bond acceptors (Lipinski definition) is 3. The van der Waals surface area contributed by atoms with Gasteiger partial charge in [-0.15, -0.1) is 12.4 Å². The van der Waals surface area contributed by atoms with Gasteiger partial charge in [-0.1, -0.05) is 11.6 Å². The molecule has 1 saturated carbocycles. The highest BCUT2D eigenvalue weighted by Gasteiger charge is 2.21. The molecule has 24 heavy (non-hydrogen) atoms. The van der Waals surface area contributed by atoms with Crippen LogP contribution in [-0.2, 0) is 4.79 Å². The second kappa shape index (κ2) is 9.25. The fourth-order valence-electron chi connectivity index (χ4n) is 2.10. The molecular formula is C17H25Cl2N3O2. The SMILES string of the molecule is CC(C)N(C)C(=O)c1ccc(Cl)c(NC(=O)CNCC2CC2)c1.Cl. The Hall–Kier alpha value is -1.30. The fraction of sp³-hybridized carbons (Fsp3) is 0.529. The van der Waals surface area contributed by atoms with Crippen molar-refractivity contribution in [3.05, 3.63) is 28.8 Å². The molecule has 134 valence electrons. The van der Waals surface area contributed by atoms with Crippen molar-refractivity contribution in [2.24, 2.45) is 5.92 Å². The van der Waals surface area contributed by atoms with Gasteiger partial charge in [-0.2, -0.15) is 0 Å². The van der Waals surface area contributed by atoms with Crippen molar-refractivity contribution in [2.45, 2.75) is 32.7 Å². The molecule has 0 aliphatic heterocycles. The van der Waals surface area contributed by atoms with E-state index >= 15 is 0 Å². The standard InChI is InChI=1S/C17H24ClN3O2.ClH/c1-11(2)21(3)17(23)13-6-7-14(18)15(8-13)20-16(22)10-19-9-12-4-5-12;/h6-8,11-12,19H,4-5,9-10H2,1-3H3,(H,20,22);1H. The van der Waals surface area contributed by atoms with Crippen molar-refractivity contribution in [1.82, 2.24) is 10.2 Å². The van der Waals surface area contributed by atoms with Gasteiger partial charge in [-0.25, -0.2) is 0 Å². The molecular weight excluding hydrogens is 349 g/mol. The van der Waals surface area contributed by atoms with Crippen molar-refractivity contribution < 1.29 is 9.59 Å². The molecule has 2 N–H and O–H groups in total. The first-order chi connectivity index (χ1) is 10.9. The largest absolute Gasteiger partial charge is 0.339 e. The molecule has 2 amide bonds. The third kappa shape index (κ3) is 5.96. The molecule has 1 aliphatic rings. The minimum absolute atomic E-state index is 0. The van der Waals surface area contributed by atoms with Gasteiger partial charge >= 0.3 is 0 Å². The number of amides is 2. The maximum atomic E-state index is 12.3. The molecule has 2 rings (SSSR count). The van der Waals surface area contributed by atoms with Crippen LogP contribution in [0.5, 0.6) is 0 Å². The average Bonchev–Trinajstić information content (AvgIpc) is 3.32. The van der Waals surface area contributed by atoms with Gasteiger partial charge in [0, 0.05) is 18.7 Å². The van der Waals surface area contributed by atoms with Crippen molar-refractivity contribution in [3.63, 3.8) is 0 Å². The third-order valence-electron chi connectivity index (χ3n) is 4.00. The summed E-state index contributed by atoms with van der Waals surface area (Å²) >= 11 is 6.12. The summed E-state index contributed by atoms with van der Waals surface area (Å²) in [6.45, 7) is 5.01. The van der Waals surface area contributed by atoms with E-state index in [2.05, 4.69) is 10.6 Å². The van der Waals surface area contributed by atoms with Crippen molar-refractivity contribution >= 4 is 41.5 Å². The highest BCUT2D eigenvalue weighted by molar-refractivity contribution is 6.33. The quantitative estimate of drug-likeness (QED) is 0.771. The second-order valence-corrected chi connectivity index (χ2v) is 6.73. The van der Waals surface area contributed by atoms with Crippen LogP contribution in [-0.4, -0.2) is 42.9 Å². The Morgan fingerprint density at radius 3 is 2.58 bits per heavy atom. The van der Waals surface area contributed by atoms with E-state index in [1.165, 1.54) is 12.8 Å². The van der Waals surface area contributed by atoms with Gasteiger partial charge in [0.15, 0.2) is 0 Å². The zero-order valence-corrected chi connectivity index (χ0v) is 15.8. The highest BCUT2D eigenvalue weighted by Crippen LogP contribution is 2.27. The lowest BCUT2D eigenvalue weighted by molar-refractivity contribution is -0.115. The smallest absolute Gasteiger partial charge is 0.253 e. The fourth-order valence-corrected chi connectivity index (χ4v) is 2.26. The Morgan fingerprint density at radius 1 is 1.33 bits per heavy atom. The predicted octanol–water partition coefficient (Wildman–Crippen LogP) is 3.18. The van der Waals surface area contributed by atoms with E-state index in [1.54, 1.807) is 30.1 Å². The molecule has 0 aromatic heterocycles. The molecule has 0 radical (unpaired) electrons. The Bertz CT molecular complexity index is 589. The van der Waals surface area contributed by atoms with E-state index in [0.717, 1.165) is 12.5 Å². The summed E-state index contributed by atoms with van der Waals surface area (Å²) in [4.78, 5) is 26.0. The number of hydrogen-bond donors (Lipinski definition) is 2. The number of rotatable bonds is 7. The van der Waals surface area contributed by atoms with E-state index in [-0.39, 0.29) is 36.8 Å². The summed E-state index contributed by atoms with van der Waals surface area (Å²) < 4.78 is 0. The van der Waals surface area contributed by atoms with Crippen LogP contribution in [0.2, 0.25) is 5.02 Å². The Labute approximate surface area is 154 Å². The first kappa shape index (κ1) is 20.7. The zero-order chi connectivity index (χ0) is 17.0. The summed E-state index contributed by atoms with van der Waals surface area (Å²) in [6, 6.07) is 5.03. The maximum absolute atomic E-state index is 12.3. The average molecular weight is 374 g/mol. The van der Waals surface area contributed by atoms with Crippen LogP contribution in [0, 0.1) is 5.92 Å². The van der Waals surface area contributed by atoms with Gasteiger partial charge in [0.25, 0.3) is 5.91 Å². The molecule has 1 fully saturated rings. The summed E-state index contributed by atoms with van der Waals surface area (Å²) in [6.07, 6.45) is 2.49. The van der Waals surface area contributed by atoms with Crippen molar-refractivity contribution in [1.29, 1.82) is 0 Å². The second-order valence-electron chi connectivity index (χ2n) is 6.33. The lowest BCUT2D eigenvalue weighted by atomic mass is 10.1. The summed E-state index contributed by atoms with van der Waals surface area (Å²) in [5, 5.41) is 6.31. The Balaban J connectivity index is 0.00000288. The molecule has 0 unspecified atom stereocenters. The highest BCUT2D eigenvalue weighted by atomic mass is 35.5. The van der Waals surface area contributed by atoms with Gasteiger partial charge in [-0.05, 0) is 57.4 Å². The van der Waals surface area contributed by atoms with Gasteiger partial charge in [0.1, 0.15) is 0 Å². The molecule has 0 spiro atoms. The van der Waals surface area contributed by atoms with E-state index in [9.17, 15) is 9.59 Å². The monoisotopic (exact) mass is 373 g/mol. The topological polar surface area (TPSA) is 61.4 Å². The van der Waals surface area contributed by atoms with Gasteiger partial charge < -0.3 is 15.5 Å². The van der Waals surface area contributed by atoms with Gasteiger partial charge in [-0.3, -0.25) is 9.59 Å². The predicted molar refractivity (Wildman–Crippen MR) is 100 cm³/mol. The number of benzene rings is 1. The first-order valence-electron chi connectivity index (χ1n) is 7.95. The number of carbonyl (C=O) groups excluding carboxylic acids is 2. The molecule has 5 nitrogen and oxygen atoms in total. The molecule has 1 aliphatic carbocycles. The summed E-state index contributed by atoms with van der Waals surface area (Å²) in [5.41, 5.74) is 0.972. The molecule has 1 aromatic rings. The lowest BCUT2D eigenvalue weighted by Crippen LogP contribution is -2.33. The Kier molecular flexibility index (Phi) is 8.00. The third-order valence-corrected chi connectivity index (χ3v) is 4.33. The van der Waals surface area contributed by atoms with Crippen LogP contribution < -0.4 is 10.6 Å². The number of carbonyl (C=O) groups is 2. The van der Waals surface area contributed by atoms with Gasteiger partial charge in [0.05, 0.1) is 17.3 Å². The molecule has 0 atom stereocenters. The molecule has 0 saturated heterocycles. The Morgan fingerprint density at radius 2 is 2.00 bits per heavy atom. The van der Waals surface area contributed by atoms with Crippen LogP contribution in [0.15, 0.2) is 18.2 Å². The molecule has 0 heterocycles. The van der Waals surface area contributed by atoms with Crippen molar-refractivity contribution in [3.8, 4) is 0 Å². The summed E-state index contributed by atoms with van der Waals surface area (Å²) in [5.74, 6) is 0.465. The van der Waals surface area contributed by atoms with Crippen LogP contribution in [0.4, 0.5) is 5.69 Å². The van der Waals surface area contributed by atoms with E-state index in [0.29, 0.717) is 16.3 Å². The molecule has 7 heteroatoms. The molecule has 1 aromatic carbocycles. The van der Waals surface area contributed by atoms with Crippen LogP contribution in [0.3, 0.4) is 0 Å². The minimum Gasteiger partial charge on any atom is -0.339 e. The number of nitrogens with zero attached hydrogens (tertiary/aromatic N) is 1. The van der Waals surface area contributed by atoms with E-state index in [1.807, 2.05) is 13.8 Å². The number of anilines is 1.